The lowest BCUT2D eigenvalue weighted by Crippen LogP contribution is -2.47. The molecule has 0 radical (unpaired) electrons. The van der Waals surface area contributed by atoms with Gasteiger partial charge in [-0.1, -0.05) is 37.5 Å². The number of benzene rings is 1. The second-order valence-corrected chi connectivity index (χ2v) is 13.6. The maximum absolute atomic E-state index is 13.1. The third-order valence-electron chi connectivity index (χ3n) is 9.42. The fourth-order valence-electron chi connectivity index (χ4n) is 7.67. The molecule has 34 heavy (non-hydrogen) atoms. The second kappa shape index (κ2) is 8.84. The molecule has 0 N–H and O–H groups in total. The van der Waals surface area contributed by atoms with Crippen LogP contribution < -0.4 is 4.90 Å². The Balaban J connectivity index is 1.26. The summed E-state index contributed by atoms with van der Waals surface area (Å²) in [5, 5.41) is 0. The van der Waals surface area contributed by atoms with Gasteiger partial charge >= 0.3 is 6.09 Å². The topological polar surface area (TPSA) is 32.8 Å². The number of carbonyl (C=O) groups excluding carboxylic acids is 1. The van der Waals surface area contributed by atoms with Crippen molar-refractivity contribution in [2.75, 3.05) is 31.1 Å². The number of aryl methyl sites for hydroxylation is 1. The van der Waals surface area contributed by atoms with E-state index in [-0.39, 0.29) is 11.5 Å². The van der Waals surface area contributed by atoms with Crippen LogP contribution in [0.4, 0.5) is 10.5 Å². The molecular formula is C30H46N2O2. The van der Waals surface area contributed by atoms with Crippen LogP contribution in [0.3, 0.4) is 0 Å². The molecule has 2 unspecified atom stereocenters. The normalized spacial score (nSPS) is 31.3. The van der Waals surface area contributed by atoms with Gasteiger partial charge in [0.15, 0.2) is 0 Å². The smallest absolute Gasteiger partial charge is 0.414 e. The molecule has 1 saturated heterocycles. The highest BCUT2D eigenvalue weighted by atomic mass is 16.6. The van der Waals surface area contributed by atoms with E-state index in [9.17, 15) is 4.79 Å². The Morgan fingerprint density at radius 3 is 2.62 bits per heavy atom. The number of rotatable bonds is 2. The minimum atomic E-state index is -0.477. The Kier molecular flexibility index (Phi) is 6.28. The zero-order valence-electron chi connectivity index (χ0n) is 22.3. The summed E-state index contributed by atoms with van der Waals surface area (Å²) in [6, 6.07) is 6.61. The fraction of sp³-hybridized carbons (Fsp3) is 0.767. The molecule has 3 fully saturated rings. The summed E-state index contributed by atoms with van der Waals surface area (Å²) in [5.74, 6) is 1.84. The van der Waals surface area contributed by atoms with Gasteiger partial charge in [0.2, 0.25) is 0 Å². The van der Waals surface area contributed by atoms with Gasteiger partial charge in [0, 0.05) is 18.5 Å². The average Bonchev–Trinajstić information content (AvgIpc) is 3.00. The minimum Gasteiger partial charge on any atom is -0.443 e. The van der Waals surface area contributed by atoms with Gasteiger partial charge in [0.05, 0.1) is 5.69 Å². The summed E-state index contributed by atoms with van der Waals surface area (Å²) < 4.78 is 5.80. The molecule has 1 aromatic carbocycles. The van der Waals surface area contributed by atoms with Crippen LogP contribution >= 0.6 is 0 Å². The highest BCUT2D eigenvalue weighted by molar-refractivity contribution is 5.91. The van der Waals surface area contributed by atoms with Crippen molar-refractivity contribution in [3.8, 4) is 0 Å². The maximum Gasteiger partial charge on any atom is 0.414 e. The zero-order valence-corrected chi connectivity index (χ0v) is 22.3. The molecule has 0 aromatic heterocycles. The summed E-state index contributed by atoms with van der Waals surface area (Å²) in [5.41, 5.74) is 3.94. The number of amides is 1. The molecule has 1 aromatic rings. The molecule has 1 spiro atoms. The van der Waals surface area contributed by atoms with E-state index in [2.05, 4.69) is 36.9 Å². The molecule has 2 aliphatic heterocycles. The quantitative estimate of drug-likeness (QED) is 0.467. The average molecular weight is 467 g/mol. The minimum absolute atomic E-state index is 0.0717. The highest BCUT2D eigenvalue weighted by Crippen LogP contribution is 2.50. The summed E-state index contributed by atoms with van der Waals surface area (Å²) in [7, 11) is 0. The van der Waals surface area contributed by atoms with Gasteiger partial charge in [-0.15, -0.1) is 0 Å². The van der Waals surface area contributed by atoms with Crippen LogP contribution in [0.1, 0.15) is 96.6 Å². The molecule has 3 atom stereocenters. The number of nitrogens with zero attached hydrogens (tertiary/aromatic N) is 2. The molecule has 4 aliphatic rings. The van der Waals surface area contributed by atoms with Gasteiger partial charge in [-0.3, -0.25) is 4.90 Å². The lowest BCUT2D eigenvalue weighted by atomic mass is 9.70. The van der Waals surface area contributed by atoms with E-state index in [1.165, 1.54) is 62.6 Å². The predicted molar refractivity (Wildman–Crippen MR) is 140 cm³/mol. The van der Waals surface area contributed by atoms with Crippen LogP contribution in [0.15, 0.2) is 18.2 Å². The Labute approximate surface area is 207 Å². The highest BCUT2D eigenvalue weighted by Gasteiger charge is 2.47. The third-order valence-corrected chi connectivity index (χ3v) is 9.42. The largest absolute Gasteiger partial charge is 0.443 e. The van der Waals surface area contributed by atoms with Crippen LogP contribution in [0.2, 0.25) is 0 Å². The SMILES string of the molecule is Cc1ccc2c(c1)C1(CCN(CC3CC[C@@]4(C)CCCC(C3)C4)CC1)CN2C(=O)OC(C)(C)C. The predicted octanol–water partition coefficient (Wildman–Crippen LogP) is 7.08. The number of fused-ring (bicyclic) bond motifs is 4. The molecule has 4 heteroatoms. The number of piperidine rings is 1. The Morgan fingerprint density at radius 2 is 1.88 bits per heavy atom. The summed E-state index contributed by atoms with van der Waals surface area (Å²) in [6.45, 7) is 14.9. The molecule has 1 amide bonds. The van der Waals surface area contributed by atoms with Crippen molar-refractivity contribution in [3.05, 3.63) is 29.3 Å². The maximum atomic E-state index is 13.1. The molecule has 188 valence electrons. The van der Waals surface area contributed by atoms with Gasteiger partial charge in [0.1, 0.15) is 5.60 Å². The van der Waals surface area contributed by atoms with E-state index in [4.69, 9.17) is 4.74 Å². The number of anilines is 1. The first-order valence-corrected chi connectivity index (χ1v) is 13.9. The standard InChI is InChI=1S/C30H46N2O2/c1-22-8-9-26-25(17-22)30(21-32(26)27(33)34-28(2,3)4)13-15-31(16-14-30)20-24-10-12-29(5)11-6-7-23(18-24)19-29/h8-9,17,23-24H,6-7,10-16,18-21H2,1-5H3/t23?,24?,29-/m1/s1. The Hall–Kier alpha value is -1.55. The van der Waals surface area contributed by atoms with E-state index in [1.54, 1.807) is 0 Å². The molecule has 4 nitrogen and oxygen atoms in total. The van der Waals surface area contributed by atoms with Crippen molar-refractivity contribution in [2.45, 2.75) is 103 Å². The lowest BCUT2D eigenvalue weighted by Gasteiger charge is -2.41. The van der Waals surface area contributed by atoms with E-state index in [0.717, 1.165) is 50.0 Å². The molecule has 2 heterocycles. The number of carbonyl (C=O) groups is 1. The molecule has 2 aliphatic carbocycles. The van der Waals surface area contributed by atoms with Crippen LogP contribution in [0.25, 0.3) is 0 Å². The molecule has 2 bridgehead atoms. The third kappa shape index (κ3) is 4.90. The van der Waals surface area contributed by atoms with Crippen molar-refractivity contribution in [1.29, 1.82) is 0 Å². The lowest BCUT2D eigenvalue weighted by molar-refractivity contribution is 0.0569. The number of hydrogen-bond donors (Lipinski definition) is 0. The first-order chi connectivity index (χ1) is 16.0. The van der Waals surface area contributed by atoms with Gasteiger partial charge in [0.25, 0.3) is 0 Å². The van der Waals surface area contributed by atoms with Crippen LogP contribution in [-0.2, 0) is 10.2 Å². The number of hydrogen-bond acceptors (Lipinski definition) is 3. The van der Waals surface area contributed by atoms with Crippen LogP contribution in [0.5, 0.6) is 0 Å². The Morgan fingerprint density at radius 1 is 1.12 bits per heavy atom. The van der Waals surface area contributed by atoms with E-state index in [1.807, 2.05) is 25.7 Å². The molecular weight excluding hydrogens is 420 g/mol. The number of ether oxygens (including phenoxy) is 1. The zero-order chi connectivity index (χ0) is 24.1. The van der Waals surface area contributed by atoms with Crippen LogP contribution in [0, 0.1) is 24.2 Å². The monoisotopic (exact) mass is 466 g/mol. The Bertz CT molecular complexity index is 911. The van der Waals surface area contributed by atoms with Crippen LogP contribution in [-0.4, -0.2) is 42.8 Å². The summed E-state index contributed by atoms with van der Waals surface area (Å²) >= 11 is 0. The van der Waals surface area contributed by atoms with Crippen molar-refractivity contribution >= 4 is 11.8 Å². The van der Waals surface area contributed by atoms with E-state index >= 15 is 0 Å². The fourth-order valence-corrected chi connectivity index (χ4v) is 7.67. The molecule has 2 saturated carbocycles. The van der Waals surface area contributed by atoms with Crippen molar-refractivity contribution < 1.29 is 9.53 Å². The van der Waals surface area contributed by atoms with Crippen molar-refractivity contribution in [1.82, 2.24) is 4.90 Å². The van der Waals surface area contributed by atoms with E-state index in [0.29, 0.717) is 5.41 Å². The van der Waals surface area contributed by atoms with Gasteiger partial charge < -0.3 is 9.64 Å². The van der Waals surface area contributed by atoms with E-state index < -0.39 is 5.60 Å². The van der Waals surface area contributed by atoms with Gasteiger partial charge in [-0.2, -0.15) is 0 Å². The van der Waals surface area contributed by atoms with Gasteiger partial charge in [-0.05, 0) is 115 Å². The first-order valence-electron chi connectivity index (χ1n) is 13.9. The summed E-state index contributed by atoms with van der Waals surface area (Å²) in [4.78, 5) is 17.8. The second-order valence-electron chi connectivity index (χ2n) is 13.6. The number of likely N-dealkylation sites (tertiary alicyclic amines) is 1. The first kappa shape index (κ1) is 24.2. The van der Waals surface area contributed by atoms with Crippen molar-refractivity contribution in [2.24, 2.45) is 17.3 Å². The molecule has 5 rings (SSSR count). The van der Waals surface area contributed by atoms with Gasteiger partial charge in [-0.25, -0.2) is 4.79 Å². The van der Waals surface area contributed by atoms with Crippen molar-refractivity contribution in [3.63, 3.8) is 0 Å². The summed E-state index contributed by atoms with van der Waals surface area (Å²) in [6.07, 6.45) is 12.2.